The molecule has 2 aliphatic rings. The molecule has 0 amide bonds. The molecule has 0 aliphatic carbocycles. The van der Waals surface area contributed by atoms with Crippen molar-refractivity contribution in [2.75, 3.05) is 0 Å². The largest absolute Gasteiger partial charge is 0.426 e. The molecular formula is C10H14O4. The van der Waals surface area contributed by atoms with E-state index in [1.165, 1.54) is 6.08 Å². The monoisotopic (exact) mass is 198 g/mol. The molecule has 78 valence electrons. The van der Waals surface area contributed by atoms with E-state index in [9.17, 15) is 9.90 Å². The van der Waals surface area contributed by atoms with E-state index in [2.05, 4.69) is 0 Å². The van der Waals surface area contributed by atoms with Crippen LogP contribution in [0.4, 0.5) is 0 Å². The second-order valence-electron chi connectivity index (χ2n) is 4.43. The lowest BCUT2D eigenvalue weighted by Crippen LogP contribution is -2.35. The van der Waals surface area contributed by atoms with Crippen molar-refractivity contribution < 1.29 is 19.4 Å². The van der Waals surface area contributed by atoms with Gasteiger partial charge in [-0.1, -0.05) is 0 Å². The lowest BCUT2D eigenvalue weighted by atomic mass is 9.98. The number of esters is 1. The summed E-state index contributed by atoms with van der Waals surface area (Å²) in [6.07, 6.45) is 1.11. The van der Waals surface area contributed by atoms with E-state index >= 15 is 0 Å². The zero-order valence-electron chi connectivity index (χ0n) is 8.53. The van der Waals surface area contributed by atoms with Crippen molar-refractivity contribution in [3.05, 3.63) is 11.6 Å². The minimum Gasteiger partial charge on any atom is -0.426 e. The predicted octanol–water partition coefficient (Wildman–Crippen LogP) is 0.746. The maximum atomic E-state index is 11.1. The van der Waals surface area contributed by atoms with Crippen LogP contribution in [0.1, 0.15) is 27.2 Å². The number of hydrogen-bond donors (Lipinski definition) is 1. The summed E-state index contributed by atoms with van der Waals surface area (Å²) in [4.78, 5) is 11.1. The van der Waals surface area contributed by atoms with Gasteiger partial charge >= 0.3 is 5.97 Å². The predicted molar refractivity (Wildman–Crippen MR) is 48.4 cm³/mol. The molecule has 2 atom stereocenters. The third kappa shape index (κ3) is 1.18. The van der Waals surface area contributed by atoms with Crippen LogP contribution in [-0.4, -0.2) is 28.6 Å². The first kappa shape index (κ1) is 9.68. The summed E-state index contributed by atoms with van der Waals surface area (Å²) >= 11 is 0. The highest BCUT2D eigenvalue weighted by Crippen LogP contribution is 2.45. The third-order valence-corrected chi connectivity index (χ3v) is 2.89. The van der Waals surface area contributed by atoms with E-state index in [4.69, 9.17) is 9.47 Å². The second kappa shape index (κ2) is 2.58. The molecule has 2 unspecified atom stereocenters. The molecule has 0 bridgehead atoms. The Kier molecular flexibility index (Phi) is 1.78. The SMILES string of the molecule is CC1=CC(=O)OC12CC(O)C(C)(C)O2. The Hall–Kier alpha value is -0.870. The summed E-state index contributed by atoms with van der Waals surface area (Å²) in [6.45, 7) is 5.34. The normalized spacial score (nSPS) is 40.1. The molecule has 0 aromatic carbocycles. The molecule has 1 fully saturated rings. The van der Waals surface area contributed by atoms with Gasteiger partial charge in [-0.25, -0.2) is 4.79 Å². The molecule has 1 N–H and O–H groups in total. The molecule has 1 spiro atoms. The minimum atomic E-state index is -1.01. The van der Waals surface area contributed by atoms with Gasteiger partial charge in [-0.15, -0.1) is 0 Å². The number of aliphatic hydroxyl groups excluding tert-OH is 1. The quantitative estimate of drug-likeness (QED) is 0.583. The van der Waals surface area contributed by atoms with Crippen LogP contribution in [0, 0.1) is 0 Å². The Balaban J connectivity index is 2.31. The van der Waals surface area contributed by atoms with Crippen molar-refractivity contribution in [1.82, 2.24) is 0 Å². The molecule has 0 aromatic heterocycles. The molecular weight excluding hydrogens is 184 g/mol. The van der Waals surface area contributed by atoms with E-state index in [0.717, 1.165) is 5.57 Å². The van der Waals surface area contributed by atoms with Gasteiger partial charge < -0.3 is 14.6 Å². The first-order valence-corrected chi connectivity index (χ1v) is 4.66. The molecule has 2 aliphatic heterocycles. The molecule has 0 aromatic rings. The zero-order chi connectivity index (χ0) is 10.6. The fraction of sp³-hybridized carbons (Fsp3) is 0.700. The van der Waals surface area contributed by atoms with E-state index in [1.807, 2.05) is 0 Å². The highest BCUT2D eigenvalue weighted by Gasteiger charge is 2.56. The van der Waals surface area contributed by atoms with Gasteiger partial charge in [0, 0.05) is 18.1 Å². The first-order chi connectivity index (χ1) is 6.36. The van der Waals surface area contributed by atoms with Gasteiger partial charge in [0.15, 0.2) is 0 Å². The topological polar surface area (TPSA) is 55.8 Å². The number of carbonyl (C=O) groups excluding carboxylic acids is 1. The van der Waals surface area contributed by atoms with Crippen LogP contribution < -0.4 is 0 Å². The highest BCUT2D eigenvalue weighted by atomic mass is 16.7. The van der Waals surface area contributed by atoms with Crippen molar-refractivity contribution in [2.24, 2.45) is 0 Å². The second-order valence-corrected chi connectivity index (χ2v) is 4.43. The maximum absolute atomic E-state index is 11.1. The van der Waals surface area contributed by atoms with Crippen molar-refractivity contribution in [3.63, 3.8) is 0 Å². The molecule has 14 heavy (non-hydrogen) atoms. The summed E-state index contributed by atoms with van der Waals surface area (Å²) in [6, 6.07) is 0. The van der Waals surface area contributed by atoms with E-state index in [1.54, 1.807) is 20.8 Å². The van der Waals surface area contributed by atoms with Crippen molar-refractivity contribution in [2.45, 2.75) is 44.7 Å². The van der Waals surface area contributed by atoms with Gasteiger partial charge in [0.25, 0.3) is 0 Å². The highest BCUT2D eigenvalue weighted by molar-refractivity contribution is 5.86. The Labute approximate surface area is 82.5 Å². The van der Waals surface area contributed by atoms with Crippen molar-refractivity contribution in [3.8, 4) is 0 Å². The molecule has 2 heterocycles. The summed E-state index contributed by atoms with van der Waals surface area (Å²) in [5.74, 6) is -1.41. The molecule has 1 saturated heterocycles. The average molecular weight is 198 g/mol. The molecule has 4 heteroatoms. The number of aliphatic hydroxyl groups is 1. The molecule has 0 radical (unpaired) electrons. The zero-order valence-corrected chi connectivity index (χ0v) is 8.53. The van der Waals surface area contributed by atoms with Gasteiger partial charge in [0.2, 0.25) is 5.79 Å². The molecule has 4 nitrogen and oxygen atoms in total. The van der Waals surface area contributed by atoms with Gasteiger partial charge in [-0.05, 0) is 20.8 Å². The molecule has 2 rings (SSSR count). The number of rotatable bonds is 0. The third-order valence-electron chi connectivity index (χ3n) is 2.89. The maximum Gasteiger partial charge on any atom is 0.333 e. The lowest BCUT2D eigenvalue weighted by molar-refractivity contribution is -0.211. The minimum absolute atomic E-state index is 0.314. The van der Waals surface area contributed by atoms with Crippen molar-refractivity contribution >= 4 is 5.97 Å². The summed E-state index contributed by atoms with van der Waals surface area (Å²) in [5, 5.41) is 9.74. The Morgan fingerprint density at radius 2 is 2.21 bits per heavy atom. The smallest absolute Gasteiger partial charge is 0.333 e. The number of hydrogen-bond acceptors (Lipinski definition) is 4. The molecule has 0 saturated carbocycles. The van der Waals surface area contributed by atoms with E-state index in [-0.39, 0.29) is 0 Å². The lowest BCUT2D eigenvalue weighted by Gasteiger charge is -2.27. The van der Waals surface area contributed by atoms with E-state index < -0.39 is 23.5 Å². The fourth-order valence-electron chi connectivity index (χ4n) is 1.90. The van der Waals surface area contributed by atoms with Crippen LogP contribution in [0.5, 0.6) is 0 Å². The van der Waals surface area contributed by atoms with Gasteiger partial charge in [-0.2, -0.15) is 0 Å². The van der Waals surface area contributed by atoms with Crippen LogP contribution in [0.15, 0.2) is 11.6 Å². The van der Waals surface area contributed by atoms with Gasteiger partial charge in [-0.3, -0.25) is 0 Å². The van der Waals surface area contributed by atoms with Crippen LogP contribution in [-0.2, 0) is 14.3 Å². The Bertz CT molecular complexity index is 318. The Morgan fingerprint density at radius 1 is 1.57 bits per heavy atom. The van der Waals surface area contributed by atoms with E-state index in [0.29, 0.717) is 6.42 Å². The van der Waals surface area contributed by atoms with Crippen LogP contribution in [0.25, 0.3) is 0 Å². The standard InChI is InChI=1S/C10H14O4/c1-6-4-8(12)13-10(6)5-7(11)9(2,3)14-10/h4,7,11H,5H2,1-3H3. The van der Waals surface area contributed by atoms with Crippen LogP contribution >= 0.6 is 0 Å². The first-order valence-electron chi connectivity index (χ1n) is 4.66. The fourth-order valence-corrected chi connectivity index (χ4v) is 1.90. The van der Waals surface area contributed by atoms with Crippen LogP contribution in [0.3, 0.4) is 0 Å². The van der Waals surface area contributed by atoms with Gasteiger partial charge in [0.05, 0.1) is 11.7 Å². The summed E-state index contributed by atoms with van der Waals surface area (Å²) < 4.78 is 10.7. The summed E-state index contributed by atoms with van der Waals surface area (Å²) in [7, 11) is 0. The summed E-state index contributed by atoms with van der Waals surface area (Å²) in [5.41, 5.74) is 0.0619. The van der Waals surface area contributed by atoms with Crippen molar-refractivity contribution in [1.29, 1.82) is 0 Å². The van der Waals surface area contributed by atoms with Crippen LogP contribution in [0.2, 0.25) is 0 Å². The number of carbonyl (C=O) groups is 1. The Morgan fingerprint density at radius 3 is 2.57 bits per heavy atom. The van der Waals surface area contributed by atoms with Gasteiger partial charge in [0.1, 0.15) is 0 Å². The number of ether oxygens (including phenoxy) is 2. The average Bonchev–Trinajstić information content (AvgIpc) is 2.36.